The van der Waals surface area contributed by atoms with E-state index in [1.165, 1.54) is 5.56 Å². The number of hydrogen-bond acceptors (Lipinski definition) is 2. The summed E-state index contributed by atoms with van der Waals surface area (Å²) in [6, 6.07) is 13.9. The van der Waals surface area contributed by atoms with Gasteiger partial charge in [0.15, 0.2) is 0 Å². The molecule has 0 spiro atoms. The van der Waals surface area contributed by atoms with E-state index >= 15 is 0 Å². The predicted molar refractivity (Wildman–Crippen MR) is 80.1 cm³/mol. The van der Waals surface area contributed by atoms with Gasteiger partial charge in [-0.2, -0.15) is 0 Å². The van der Waals surface area contributed by atoms with E-state index in [4.69, 9.17) is 10.1 Å². The van der Waals surface area contributed by atoms with Crippen LogP contribution in [0.1, 0.15) is 11.1 Å². The highest BCUT2D eigenvalue weighted by atomic mass is 79.9. The average Bonchev–Trinajstić information content (AvgIpc) is 2.76. The van der Waals surface area contributed by atoms with Gasteiger partial charge in [-0.3, -0.25) is 5.41 Å². The van der Waals surface area contributed by atoms with Crippen molar-refractivity contribution < 1.29 is 4.74 Å². The molecule has 0 aliphatic carbocycles. The number of hydrogen-bond donors (Lipinski definition) is 1. The second-order valence-corrected chi connectivity index (χ2v) is 5.36. The molecule has 0 saturated heterocycles. The fourth-order valence-electron chi connectivity index (χ4n) is 2.33. The van der Waals surface area contributed by atoms with Crippen LogP contribution >= 0.6 is 15.9 Å². The lowest BCUT2D eigenvalue weighted by atomic mass is 10.1. The Morgan fingerprint density at radius 2 is 2.00 bits per heavy atom. The zero-order valence-corrected chi connectivity index (χ0v) is 12.1. The molecule has 1 N–H and O–H groups in total. The summed E-state index contributed by atoms with van der Waals surface area (Å²) in [5, 5.41) is 8.29. The van der Waals surface area contributed by atoms with Crippen molar-refractivity contribution in [2.24, 2.45) is 0 Å². The first-order chi connectivity index (χ1) is 9.19. The Hall–Kier alpha value is -1.81. The van der Waals surface area contributed by atoms with Crippen LogP contribution in [0.5, 0.6) is 5.75 Å². The molecule has 2 aromatic carbocycles. The third kappa shape index (κ3) is 2.12. The molecule has 4 heteroatoms. The van der Waals surface area contributed by atoms with Crippen LogP contribution in [0.4, 0.5) is 5.69 Å². The first kappa shape index (κ1) is 12.2. The Kier molecular flexibility index (Phi) is 3.03. The van der Waals surface area contributed by atoms with E-state index < -0.39 is 0 Å². The van der Waals surface area contributed by atoms with Crippen LogP contribution in [0.15, 0.2) is 46.9 Å². The van der Waals surface area contributed by atoms with Crippen molar-refractivity contribution in [1.82, 2.24) is 0 Å². The molecule has 0 bridgehead atoms. The molecule has 1 aliphatic rings. The highest BCUT2D eigenvalue weighted by Crippen LogP contribution is 2.32. The fraction of sp³-hybridized carbons (Fsp3) is 0.133. The zero-order chi connectivity index (χ0) is 13.4. The van der Waals surface area contributed by atoms with E-state index in [-0.39, 0.29) is 0 Å². The molecule has 1 heterocycles. The van der Waals surface area contributed by atoms with E-state index in [1.807, 2.05) is 41.3 Å². The molecule has 3 rings (SSSR count). The first-order valence-electron chi connectivity index (χ1n) is 5.98. The highest BCUT2D eigenvalue weighted by Gasteiger charge is 2.25. The SMILES string of the molecule is COc1cc(Br)cc(N2Cc3ccccc3C2=N)c1. The Bertz CT molecular complexity index is 654. The smallest absolute Gasteiger partial charge is 0.133 e. The van der Waals surface area contributed by atoms with Crippen molar-refractivity contribution in [1.29, 1.82) is 5.41 Å². The molecular formula is C15H13BrN2O. The quantitative estimate of drug-likeness (QED) is 0.914. The van der Waals surface area contributed by atoms with Crippen LogP contribution in [-0.2, 0) is 6.54 Å². The van der Waals surface area contributed by atoms with Gasteiger partial charge >= 0.3 is 0 Å². The van der Waals surface area contributed by atoms with Crippen LogP contribution in [0.3, 0.4) is 0 Å². The van der Waals surface area contributed by atoms with Gasteiger partial charge in [-0.25, -0.2) is 0 Å². The van der Waals surface area contributed by atoms with Gasteiger partial charge in [0.1, 0.15) is 11.6 Å². The van der Waals surface area contributed by atoms with Gasteiger partial charge in [-0.1, -0.05) is 40.2 Å². The number of fused-ring (bicyclic) bond motifs is 1. The molecule has 0 radical (unpaired) electrons. The number of ether oxygens (including phenoxy) is 1. The summed E-state index contributed by atoms with van der Waals surface area (Å²) < 4.78 is 6.23. The number of amidine groups is 1. The van der Waals surface area contributed by atoms with E-state index in [0.717, 1.165) is 28.0 Å². The van der Waals surface area contributed by atoms with Crippen LogP contribution in [0.25, 0.3) is 0 Å². The van der Waals surface area contributed by atoms with Gasteiger partial charge in [0, 0.05) is 21.8 Å². The molecule has 19 heavy (non-hydrogen) atoms. The van der Waals surface area contributed by atoms with Crippen molar-refractivity contribution in [3.05, 3.63) is 58.1 Å². The molecule has 1 aliphatic heterocycles. The lowest BCUT2D eigenvalue weighted by Gasteiger charge is -2.19. The second-order valence-electron chi connectivity index (χ2n) is 4.44. The van der Waals surface area contributed by atoms with Crippen LogP contribution < -0.4 is 9.64 Å². The molecule has 0 aromatic heterocycles. The molecule has 2 aromatic rings. The monoisotopic (exact) mass is 316 g/mol. The minimum Gasteiger partial charge on any atom is -0.497 e. The highest BCUT2D eigenvalue weighted by molar-refractivity contribution is 9.10. The van der Waals surface area contributed by atoms with Crippen molar-refractivity contribution in [3.8, 4) is 5.75 Å². The number of methoxy groups -OCH3 is 1. The lowest BCUT2D eigenvalue weighted by Crippen LogP contribution is -2.23. The standard InChI is InChI=1S/C15H13BrN2O/c1-19-13-7-11(16)6-12(8-13)18-9-10-4-2-3-5-14(10)15(18)17/h2-8,17H,9H2,1H3. The Labute approximate surface area is 120 Å². The summed E-state index contributed by atoms with van der Waals surface area (Å²) in [6.45, 7) is 0.731. The summed E-state index contributed by atoms with van der Waals surface area (Å²) in [7, 11) is 1.65. The number of nitrogens with one attached hydrogen (secondary N) is 1. The molecular weight excluding hydrogens is 304 g/mol. The van der Waals surface area contributed by atoms with Crippen LogP contribution in [-0.4, -0.2) is 12.9 Å². The summed E-state index contributed by atoms with van der Waals surface area (Å²) in [6.07, 6.45) is 0. The maximum absolute atomic E-state index is 8.29. The number of benzene rings is 2. The zero-order valence-electron chi connectivity index (χ0n) is 10.5. The van der Waals surface area contributed by atoms with Crippen LogP contribution in [0.2, 0.25) is 0 Å². The van der Waals surface area contributed by atoms with Gasteiger partial charge in [0.2, 0.25) is 0 Å². The van der Waals surface area contributed by atoms with Crippen molar-refractivity contribution in [3.63, 3.8) is 0 Å². The topological polar surface area (TPSA) is 36.3 Å². The molecule has 96 valence electrons. The van der Waals surface area contributed by atoms with Gasteiger partial charge in [0.25, 0.3) is 0 Å². The maximum atomic E-state index is 8.29. The molecule has 0 fully saturated rings. The molecule has 0 saturated carbocycles. The van der Waals surface area contributed by atoms with E-state index in [9.17, 15) is 0 Å². The predicted octanol–water partition coefficient (Wildman–Crippen LogP) is 3.80. The Balaban J connectivity index is 2.02. The van der Waals surface area contributed by atoms with Crippen molar-refractivity contribution in [2.45, 2.75) is 6.54 Å². The largest absolute Gasteiger partial charge is 0.497 e. The average molecular weight is 317 g/mol. The minimum absolute atomic E-state index is 0.538. The van der Waals surface area contributed by atoms with Crippen molar-refractivity contribution >= 4 is 27.5 Å². The van der Waals surface area contributed by atoms with Crippen molar-refractivity contribution in [2.75, 3.05) is 12.0 Å². The van der Waals surface area contributed by atoms with Crippen LogP contribution in [0, 0.1) is 5.41 Å². The Morgan fingerprint density at radius 1 is 1.21 bits per heavy atom. The summed E-state index contributed by atoms with van der Waals surface area (Å²) in [5.41, 5.74) is 3.15. The summed E-state index contributed by atoms with van der Waals surface area (Å²) in [5.74, 6) is 1.32. The number of anilines is 1. The lowest BCUT2D eigenvalue weighted by molar-refractivity contribution is 0.414. The van der Waals surface area contributed by atoms with E-state index in [0.29, 0.717) is 5.84 Å². The first-order valence-corrected chi connectivity index (χ1v) is 6.77. The second kappa shape index (κ2) is 4.70. The number of halogens is 1. The summed E-state index contributed by atoms with van der Waals surface area (Å²) >= 11 is 3.48. The minimum atomic E-state index is 0.538. The van der Waals surface area contributed by atoms with E-state index in [2.05, 4.69) is 22.0 Å². The normalized spacial score (nSPS) is 13.6. The fourth-order valence-corrected chi connectivity index (χ4v) is 2.79. The third-order valence-corrected chi connectivity index (χ3v) is 3.73. The third-order valence-electron chi connectivity index (χ3n) is 3.27. The Morgan fingerprint density at radius 3 is 2.74 bits per heavy atom. The number of rotatable bonds is 2. The van der Waals surface area contributed by atoms with Gasteiger partial charge in [0.05, 0.1) is 13.7 Å². The van der Waals surface area contributed by atoms with Gasteiger partial charge in [-0.15, -0.1) is 0 Å². The number of nitrogens with zero attached hydrogens (tertiary/aromatic N) is 1. The molecule has 0 atom stereocenters. The molecule has 0 unspecified atom stereocenters. The van der Waals surface area contributed by atoms with Gasteiger partial charge < -0.3 is 9.64 Å². The van der Waals surface area contributed by atoms with E-state index in [1.54, 1.807) is 7.11 Å². The molecule has 0 amide bonds. The molecule has 3 nitrogen and oxygen atoms in total. The maximum Gasteiger partial charge on any atom is 0.133 e. The summed E-state index contributed by atoms with van der Waals surface area (Å²) in [4.78, 5) is 1.98. The van der Waals surface area contributed by atoms with Gasteiger partial charge in [-0.05, 0) is 17.7 Å².